The van der Waals surface area contributed by atoms with Gasteiger partial charge in [-0.2, -0.15) is 4.98 Å². The van der Waals surface area contributed by atoms with E-state index < -0.39 is 6.04 Å². The second kappa shape index (κ2) is 5.96. The zero-order valence-corrected chi connectivity index (χ0v) is 10.3. The molecule has 1 atom stereocenters. The molecule has 0 spiro atoms. The Labute approximate surface area is 110 Å². The van der Waals surface area contributed by atoms with Crippen LogP contribution in [0.25, 0.3) is 0 Å². The molecule has 2 aromatic rings. The molecule has 1 aromatic carbocycles. The summed E-state index contributed by atoms with van der Waals surface area (Å²) in [5.74, 6) is 0.733. The van der Waals surface area contributed by atoms with Crippen LogP contribution in [0.4, 0.5) is 11.9 Å². The van der Waals surface area contributed by atoms with Crippen LogP contribution in [0.5, 0.6) is 0 Å². The lowest BCUT2D eigenvalue weighted by Gasteiger charge is -2.06. The number of hydrogen-bond donors (Lipinski definition) is 4. The van der Waals surface area contributed by atoms with Crippen LogP contribution >= 0.6 is 0 Å². The minimum absolute atomic E-state index is 0.206. The van der Waals surface area contributed by atoms with Crippen molar-refractivity contribution in [3.63, 3.8) is 0 Å². The lowest BCUT2D eigenvalue weighted by atomic mass is 10.1. The molecule has 7 nitrogen and oxygen atoms in total. The third kappa shape index (κ3) is 3.78. The maximum Gasteiger partial charge on any atom is 0.241 e. The second-order valence-corrected chi connectivity index (χ2v) is 4.14. The fourth-order valence-electron chi connectivity index (χ4n) is 1.63. The zero-order valence-electron chi connectivity index (χ0n) is 10.3. The van der Waals surface area contributed by atoms with Crippen molar-refractivity contribution in [3.05, 3.63) is 35.4 Å². The van der Waals surface area contributed by atoms with Crippen molar-refractivity contribution in [2.75, 3.05) is 11.1 Å². The van der Waals surface area contributed by atoms with Crippen LogP contribution in [0.15, 0.2) is 24.3 Å². The van der Waals surface area contributed by atoms with E-state index in [1.807, 2.05) is 24.3 Å². The van der Waals surface area contributed by atoms with Crippen LogP contribution < -0.4 is 16.8 Å². The number of nitrogens with zero attached hydrogens (tertiary/aromatic N) is 2. The number of hydrogen-bond acceptors (Lipinski definition) is 6. The Morgan fingerprint density at radius 3 is 2.58 bits per heavy atom. The monoisotopic (exact) mass is 259 g/mol. The summed E-state index contributed by atoms with van der Waals surface area (Å²) in [5.41, 5.74) is 13.0. The predicted molar refractivity (Wildman–Crippen MR) is 71.9 cm³/mol. The minimum atomic E-state index is -0.568. The van der Waals surface area contributed by atoms with Gasteiger partial charge in [0.05, 0.1) is 6.04 Å². The normalized spacial score (nSPS) is 12.1. The number of anilines is 2. The molecular weight excluding hydrogens is 244 g/mol. The highest BCUT2D eigenvalue weighted by Gasteiger charge is 2.03. The quantitative estimate of drug-likeness (QED) is 0.578. The Morgan fingerprint density at radius 1 is 1.32 bits per heavy atom. The standard InChI is InChI=1S/C12H15N6O/c13-10(7-19)5-8-1-3-9(4-2-8)6-15-12-16-11(14)17-18-12/h1-4,10H,5-6,13H2,(H4,14,15,16,17,18)/t10-/m0/s1. The molecule has 2 rings (SSSR count). The lowest BCUT2D eigenvalue weighted by Crippen LogP contribution is -2.23. The van der Waals surface area contributed by atoms with Crippen LogP contribution in [0.1, 0.15) is 11.1 Å². The van der Waals surface area contributed by atoms with E-state index in [9.17, 15) is 4.79 Å². The largest absolute Gasteiger partial charge is 0.366 e. The number of nitrogens with one attached hydrogen (secondary N) is 2. The van der Waals surface area contributed by atoms with Gasteiger partial charge in [-0.05, 0) is 17.5 Å². The highest BCUT2D eigenvalue weighted by atomic mass is 16.1. The summed E-state index contributed by atoms with van der Waals surface area (Å²) >= 11 is 0. The summed E-state index contributed by atoms with van der Waals surface area (Å²) in [6.07, 6.45) is 2.26. The van der Waals surface area contributed by atoms with Crippen LogP contribution in [0, 0.1) is 0 Å². The first-order valence-corrected chi connectivity index (χ1v) is 5.80. The number of nitrogens with two attached hydrogens (primary N) is 2. The summed E-state index contributed by atoms with van der Waals surface area (Å²) in [5, 5.41) is 9.43. The van der Waals surface area contributed by atoms with Crippen LogP contribution in [0.2, 0.25) is 0 Å². The third-order valence-electron chi connectivity index (χ3n) is 2.59. The third-order valence-corrected chi connectivity index (χ3v) is 2.59. The summed E-state index contributed by atoms with van der Waals surface area (Å²) < 4.78 is 0. The maximum atomic E-state index is 10.4. The van der Waals surface area contributed by atoms with Crippen molar-refractivity contribution in [3.8, 4) is 0 Å². The van der Waals surface area contributed by atoms with Gasteiger partial charge in [-0.15, -0.1) is 5.10 Å². The first-order valence-electron chi connectivity index (χ1n) is 5.80. The van der Waals surface area contributed by atoms with E-state index in [1.54, 1.807) is 6.29 Å². The molecule has 0 aliphatic heterocycles. The molecule has 0 saturated heterocycles. The summed E-state index contributed by atoms with van der Waals surface area (Å²) in [4.78, 5) is 14.3. The number of carbonyl (C=O) groups excluding carboxylic acids is 1. The Balaban J connectivity index is 1.89. The molecule has 19 heavy (non-hydrogen) atoms. The molecule has 1 heterocycles. The molecule has 6 N–H and O–H groups in total. The fraction of sp³-hybridized carbons (Fsp3) is 0.250. The molecular formula is C12H15N6O. The van der Waals surface area contributed by atoms with Gasteiger partial charge in [-0.1, -0.05) is 24.3 Å². The molecule has 0 fully saturated rings. The van der Waals surface area contributed by atoms with Gasteiger partial charge in [0.2, 0.25) is 18.2 Å². The topological polar surface area (TPSA) is 123 Å². The van der Waals surface area contributed by atoms with Crippen molar-refractivity contribution < 1.29 is 4.79 Å². The smallest absolute Gasteiger partial charge is 0.241 e. The number of aromatic amines is 1. The Morgan fingerprint density at radius 2 is 2.00 bits per heavy atom. The van der Waals surface area contributed by atoms with E-state index in [4.69, 9.17) is 11.5 Å². The van der Waals surface area contributed by atoms with Crippen molar-refractivity contribution in [2.24, 2.45) is 5.73 Å². The van der Waals surface area contributed by atoms with E-state index in [0.717, 1.165) is 11.1 Å². The number of rotatable bonds is 6. The van der Waals surface area contributed by atoms with Crippen molar-refractivity contribution in [1.29, 1.82) is 0 Å². The van der Waals surface area contributed by atoms with Gasteiger partial charge in [0.15, 0.2) is 0 Å². The molecule has 1 radical (unpaired) electrons. The molecule has 0 unspecified atom stereocenters. The highest BCUT2D eigenvalue weighted by molar-refractivity contribution is 5.58. The summed E-state index contributed by atoms with van der Waals surface area (Å²) in [7, 11) is 0. The molecule has 0 amide bonds. The molecule has 7 heteroatoms. The lowest BCUT2D eigenvalue weighted by molar-refractivity contribution is 0.541. The van der Waals surface area contributed by atoms with Gasteiger partial charge >= 0.3 is 0 Å². The highest BCUT2D eigenvalue weighted by Crippen LogP contribution is 2.08. The second-order valence-electron chi connectivity index (χ2n) is 4.14. The van der Waals surface area contributed by atoms with Crippen molar-refractivity contribution in [2.45, 2.75) is 19.0 Å². The average Bonchev–Trinajstić information content (AvgIpc) is 2.83. The van der Waals surface area contributed by atoms with E-state index in [-0.39, 0.29) is 5.95 Å². The van der Waals surface area contributed by atoms with Crippen LogP contribution in [-0.4, -0.2) is 27.5 Å². The summed E-state index contributed by atoms with van der Waals surface area (Å²) in [6.45, 7) is 0.598. The maximum absolute atomic E-state index is 10.4. The molecule has 99 valence electrons. The molecule has 0 aliphatic rings. The Bertz CT molecular complexity index is 535. The summed E-state index contributed by atoms with van der Waals surface area (Å²) in [6, 6.07) is 7.21. The van der Waals surface area contributed by atoms with Gasteiger partial charge in [0.25, 0.3) is 0 Å². The van der Waals surface area contributed by atoms with Gasteiger partial charge < -0.3 is 16.8 Å². The molecule has 1 aromatic heterocycles. The van der Waals surface area contributed by atoms with Crippen molar-refractivity contribution in [1.82, 2.24) is 15.2 Å². The van der Waals surface area contributed by atoms with Crippen molar-refractivity contribution >= 4 is 18.2 Å². The Hall–Kier alpha value is -2.41. The van der Waals surface area contributed by atoms with E-state index in [1.165, 1.54) is 0 Å². The van der Waals surface area contributed by atoms with Crippen LogP contribution in [0.3, 0.4) is 0 Å². The minimum Gasteiger partial charge on any atom is -0.366 e. The van der Waals surface area contributed by atoms with E-state index in [0.29, 0.717) is 18.9 Å². The number of benzene rings is 1. The van der Waals surface area contributed by atoms with Gasteiger partial charge in [-0.3, -0.25) is 4.79 Å². The average molecular weight is 259 g/mol. The first-order chi connectivity index (χ1) is 9.17. The molecule has 0 saturated carbocycles. The first kappa shape index (κ1) is 13.0. The number of aromatic nitrogens is 3. The predicted octanol–water partition coefficient (Wildman–Crippen LogP) is -0.0215. The molecule has 0 aliphatic carbocycles. The van der Waals surface area contributed by atoms with Gasteiger partial charge in [-0.25, -0.2) is 5.10 Å². The van der Waals surface area contributed by atoms with E-state index in [2.05, 4.69) is 20.5 Å². The zero-order chi connectivity index (χ0) is 13.7. The van der Waals surface area contributed by atoms with Crippen LogP contribution in [-0.2, 0) is 17.8 Å². The van der Waals surface area contributed by atoms with Gasteiger partial charge in [0, 0.05) is 6.54 Å². The van der Waals surface area contributed by atoms with Gasteiger partial charge in [0.1, 0.15) is 0 Å². The van der Waals surface area contributed by atoms with E-state index >= 15 is 0 Å². The number of nitrogen functional groups attached to an aromatic ring is 1. The number of H-pyrrole nitrogens is 1. The SMILES string of the molecule is Nc1n[nH]c(NCc2ccc(C[C@H](N)[C]=O)cc2)n1. The Kier molecular flexibility index (Phi) is 4.09. The fourth-order valence-corrected chi connectivity index (χ4v) is 1.63. The molecule has 0 bridgehead atoms.